The average Bonchev–Trinajstić information content (AvgIpc) is 2.65. The van der Waals surface area contributed by atoms with E-state index in [2.05, 4.69) is 10.3 Å². The second-order valence-electron chi connectivity index (χ2n) is 6.16. The van der Waals surface area contributed by atoms with Crippen LogP contribution in [0.1, 0.15) is 11.1 Å². The maximum Gasteiger partial charge on any atom is 0.271 e. The van der Waals surface area contributed by atoms with Crippen molar-refractivity contribution in [1.29, 1.82) is 0 Å². The predicted molar refractivity (Wildman–Crippen MR) is 101 cm³/mol. The maximum atomic E-state index is 12.5. The number of benzene rings is 2. The van der Waals surface area contributed by atoms with Gasteiger partial charge in [-0.15, -0.1) is 0 Å². The number of carbonyl (C=O) groups excluding carboxylic acids is 1. The number of nitrogens with one attached hydrogen (secondary N) is 1. The molecule has 0 atom stereocenters. The normalized spacial score (nSPS) is 10.7. The molecule has 0 radical (unpaired) electrons. The lowest BCUT2D eigenvalue weighted by Crippen LogP contribution is -2.33. The van der Waals surface area contributed by atoms with Crippen LogP contribution in [0.15, 0.2) is 53.6 Å². The van der Waals surface area contributed by atoms with E-state index in [1.807, 2.05) is 31.2 Å². The Morgan fingerprint density at radius 2 is 2.04 bits per heavy atom. The standard InChI is InChI=1S/C19H18N4O4/c1-13-4-2-3-5-14(13)8-9-20-18(24)11-22-12-21-17-10-15(23(26)27)6-7-16(17)19(22)25/h2-7,10,12H,8-9,11H2,1H3,(H,20,24). The lowest BCUT2D eigenvalue weighted by Gasteiger charge is -2.09. The average molecular weight is 366 g/mol. The molecule has 3 rings (SSSR count). The third kappa shape index (κ3) is 4.17. The van der Waals surface area contributed by atoms with Gasteiger partial charge in [0, 0.05) is 18.7 Å². The number of rotatable bonds is 6. The second-order valence-corrected chi connectivity index (χ2v) is 6.16. The molecule has 8 heteroatoms. The van der Waals surface area contributed by atoms with E-state index in [1.54, 1.807) is 0 Å². The zero-order valence-electron chi connectivity index (χ0n) is 14.7. The fourth-order valence-electron chi connectivity index (χ4n) is 2.81. The molecule has 138 valence electrons. The van der Waals surface area contributed by atoms with E-state index in [0.717, 1.165) is 11.1 Å². The van der Waals surface area contributed by atoms with Crippen molar-refractivity contribution in [3.05, 3.63) is 80.4 Å². The molecular weight excluding hydrogens is 348 g/mol. The number of nitrogens with zero attached hydrogens (tertiary/aromatic N) is 3. The third-order valence-corrected chi connectivity index (χ3v) is 4.31. The van der Waals surface area contributed by atoms with Gasteiger partial charge in [-0.3, -0.25) is 24.3 Å². The number of aryl methyl sites for hydroxylation is 1. The van der Waals surface area contributed by atoms with Gasteiger partial charge in [-0.25, -0.2) is 4.98 Å². The zero-order chi connectivity index (χ0) is 19.4. The highest BCUT2D eigenvalue weighted by Crippen LogP contribution is 2.16. The largest absolute Gasteiger partial charge is 0.354 e. The number of hydrogen-bond acceptors (Lipinski definition) is 5. The highest BCUT2D eigenvalue weighted by Gasteiger charge is 2.12. The molecule has 8 nitrogen and oxygen atoms in total. The number of aromatic nitrogens is 2. The highest BCUT2D eigenvalue weighted by atomic mass is 16.6. The summed E-state index contributed by atoms with van der Waals surface area (Å²) >= 11 is 0. The van der Waals surface area contributed by atoms with E-state index in [4.69, 9.17) is 0 Å². The van der Waals surface area contributed by atoms with Crippen LogP contribution in [0.4, 0.5) is 5.69 Å². The van der Waals surface area contributed by atoms with Crippen molar-refractivity contribution in [2.24, 2.45) is 0 Å². The quantitative estimate of drug-likeness (QED) is 0.530. The summed E-state index contributed by atoms with van der Waals surface area (Å²) in [6.07, 6.45) is 1.93. The molecule has 0 aliphatic rings. The second kappa shape index (κ2) is 7.77. The minimum absolute atomic E-state index is 0.138. The summed E-state index contributed by atoms with van der Waals surface area (Å²) in [5, 5.41) is 13.8. The predicted octanol–water partition coefficient (Wildman–Crippen LogP) is 1.97. The summed E-state index contributed by atoms with van der Waals surface area (Å²) in [5.74, 6) is -0.297. The summed E-state index contributed by atoms with van der Waals surface area (Å²) in [6.45, 7) is 2.32. The molecule has 2 aromatic carbocycles. The van der Waals surface area contributed by atoms with Crippen molar-refractivity contribution in [3.8, 4) is 0 Å². The topological polar surface area (TPSA) is 107 Å². The first kappa shape index (κ1) is 18.2. The molecule has 1 amide bonds. The zero-order valence-corrected chi connectivity index (χ0v) is 14.7. The molecular formula is C19H18N4O4. The summed E-state index contributed by atoms with van der Waals surface area (Å²) in [4.78, 5) is 38.9. The molecule has 0 spiro atoms. The number of carbonyl (C=O) groups is 1. The smallest absolute Gasteiger partial charge is 0.271 e. The van der Waals surface area contributed by atoms with Crippen LogP contribution in [0.2, 0.25) is 0 Å². The third-order valence-electron chi connectivity index (χ3n) is 4.31. The van der Waals surface area contributed by atoms with Crippen molar-refractivity contribution >= 4 is 22.5 Å². The van der Waals surface area contributed by atoms with Crippen LogP contribution < -0.4 is 10.9 Å². The van der Waals surface area contributed by atoms with E-state index in [0.29, 0.717) is 13.0 Å². The molecule has 0 fully saturated rings. The van der Waals surface area contributed by atoms with Crippen molar-refractivity contribution in [2.45, 2.75) is 19.9 Å². The summed E-state index contributed by atoms with van der Waals surface area (Å²) in [7, 11) is 0. The first-order valence-electron chi connectivity index (χ1n) is 8.40. The van der Waals surface area contributed by atoms with Gasteiger partial charge in [-0.2, -0.15) is 0 Å². The fourth-order valence-corrected chi connectivity index (χ4v) is 2.81. The van der Waals surface area contributed by atoms with E-state index in [-0.39, 0.29) is 29.0 Å². The van der Waals surface area contributed by atoms with Crippen LogP contribution >= 0.6 is 0 Å². The number of fused-ring (bicyclic) bond motifs is 1. The molecule has 0 unspecified atom stereocenters. The molecule has 0 bridgehead atoms. The Labute approximate surface area is 154 Å². The van der Waals surface area contributed by atoms with Crippen LogP contribution in [0.5, 0.6) is 0 Å². The number of nitro benzene ring substituents is 1. The van der Waals surface area contributed by atoms with Gasteiger partial charge in [0.2, 0.25) is 5.91 Å². The SMILES string of the molecule is Cc1ccccc1CCNC(=O)Cn1cnc2cc([N+](=O)[O-])ccc2c1=O. The Hall–Kier alpha value is -3.55. The minimum atomic E-state index is -0.547. The van der Waals surface area contributed by atoms with Crippen LogP contribution in [-0.2, 0) is 17.8 Å². The maximum absolute atomic E-state index is 12.5. The van der Waals surface area contributed by atoms with Crippen LogP contribution in [0, 0.1) is 17.0 Å². The Bertz CT molecular complexity index is 1070. The Morgan fingerprint density at radius 3 is 2.78 bits per heavy atom. The van der Waals surface area contributed by atoms with Gasteiger partial charge in [0.05, 0.1) is 22.2 Å². The monoisotopic (exact) mass is 366 g/mol. The van der Waals surface area contributed by atoms with E-state index < -0.39 is 10.5 Å². The molecule has 1 N–H and O–H groups in total. The van der Waals surface area contributed by atoms with E-state index >= 15 is 0 Å². The molecule has 3 aromatic rings. The Kier molecular flexibility index (Phi) is 5.25. The summed E-state index contributed by atoms with van der Waals surface area (Å²) < 4.78 is 1.19. The Morgan fingerprint density at radius 1 is 1.26 bits per heavy atom. The van der Waals surface area contributed by atoms with Gasteiger partial charge in [0.1, 0.15) is 6.54 Å². The van der Waals surface area contributed by atoms with Crippen LogP contribution in [0.3, 0.4) is 0 Å². The van der Waals surface area contributed by atoms with Gasteiger partial charge < -0.3 is 5.32 Å². The van der Waals surface area contributed by atoms with E-state index in [9.17, 15) is 19.7 Å². The Balaban J connectivity index is 1.67. The lowest BCUT2D eigenvalue weighted by molar-refractivity contribution is -0.384. The number of hydrogen-bond donors (Lipinski definition) is 1. The van der Waals surface area contributed by atoms with Gasteiger partial charge in [-0.05, 0) is 30.5 Å². The van der Waals surface area contributed by atoms with Gasteiger partial charge in [-0.1, -0.05) is 24.3 Å². The van der Waals surface area contributed by atoms with Crippen molar-refractivity contribution < 1.29 is 9.72 Å². The van der Waals surface area contributed by atoms with Crippen molar-refractivity contribution in [2.75, 3.05) is 6.54 Å². The fraction of sp³-hybridized carbons (Fsp3) is 0.211. The lowest BCUT2D eigenvalue weighted by atomic mass is 10.1. The molecule has 0 aliphatic heterocycles. The molecule has 0 saturated carbocycles. The first-order chi connectivity index (χ1) is 13.0. The van der Waals surface area contributed by atoms with Gasteiger partial charge in [0.25, 0.3) is 11.2 Å². The molecule has 27 heavy (non-hydrogen) atoms. The summed E-state index contributed by atoms with van der Waals surface area (Å²) in [5.41, 5.74) is 2.00. The van der Waals surface area contributed by atoms with Crippen molar-refractivity contribution in [3.63, 3.8) is 0 Å². The number of nitro groups is 1. The van der Waals surface area contributed by atoms with Gasteiger partial charge >= 0.3 is 0 Å². The first-order valence-corrected chi connectivity index (χ1v) is 8.40. The molecule has 0 saturated heterocycles. The van der Waals surface area contributed by atoms with Crippen LogP contribution in [-0.4, -0.2) is 26.9 Å². The summed E-state index contributed by atoms with van der Waals surface area (Å²) in [6, 6.07) is 11.8. The number of amides is 1. The van der Waals surface area contributed by atoms with Crippen LogP contribution in [0.25, 0.3) is 10.9 Å². The molecule has 1 aromatic heterocycles. The number of non-ortho nitro benzene ring substituents is 1. The molecule has 1 heterocycles. The minimum Gasteiger partial charge on any atom is -0.354 e. The van der Waals surface area contributed by atoms with Gasteiger partial charge in [0.15, 0.2) is 0 Å². The van der Waals surface area contributed by atoms with Crippen molar-refractivity contribution in [1.82, 2.24) is 14.9 Å². The highest BCUT2D eigenvalue weighted by molar-refractivity contribution is 5.80. The molecule has 0 aliphatic carbocycles. The van der Waals surface area contributed by atoms with E-state index in [1.165, 1.54) is 29.1 Å².